The van der Waals surface area contributed by atoms with Gasteiger partial charge in [0.05, 0.1) is 0 Å². The molecule has 1 atom stereocenters. The highest BCUT2D eigenvalue weighted by Gasteiger charge is 2.27. The van der Waals surface area contributed by atoms with Crippen molar-refractivity contribution in [3.63, 3.8) is 0 Å². The van der Waals surface area contributed by atoms with Crippen LogP contribution in [0.1, 0.15) is 95.6 Å². The van der Waals surface area contributed by atoms with Crippen LogP contribution in [0.15, 0.2) is 12.1 Å². The van der Waals surface area contributed by atoms with Gasteiger partial charge in [-0.3, -0.25) is 10.0 Å². The Hall–Kier alpha value is -1.20. The van der Waals surface area contributed by atoms with E-state index < -0.39 is 0 Å². The lowest BCUT2D eigenvalue weighted by Crippen LogP contribution is -2.21. The van der Waals surface area contributed by atoms with Crippen LogP contribution in [-0.4, -0.2) is 28.3 Å². The largest absolute Gasteiger partial charge is 0.507 e. The summed E-state index contributed by atoms with van der Waals surface area (Å²) in [6.07, 6.45) is 3.81. The number of rotatable bonds is 7. The van der Waals surface area contributed by atoms with Crippen molar-refractivity contribution in [1.82, 2.24) is 5.06 Å². The van der Waals surface area contributed by atoms with Crippen molar-refractivity contribution < 1.29 is 15.1 Å². The van der Waals surface area contributed by atoms with E-state index in [1.807, 2.05) is 0 Å². The first-order valence-electron chi connectivity index (χ1n) is 9.74. The molecular formula is C22H36NO3S. The van der Waals surface area contributed by atoms with Crippen LogP contribution in [0.4, 0.5) is 0 Å². The first-order chi connectivity index (χ1) is 12.2. The number of aromatic hydroxyl groups is 1. The van der Waals surface area contributed by atoms with Crippen molar-refractivity contribution in [2.45, 2.75) is 89.7 Å². The molecule has 1 unspecified atom stereocenters. The average Bonchev–Trinajstić information content (AvgIpc) is 2.51. The number of nitrogens with zero attached hydrogens (tertiary/aromatic N) is 1. The van der Waals surface area contributed by atoms with Gasteiger partial charge in [-0.25, -0.2) is 5.06 Å². The Balaban J connectivity index is 2.88. The number of hydrogen-bond donors (Lipinski definition) is 2. The topological polar surface area (TPSA) is 60.8 Å². The molecule has 0 saturated heterocycles. The van der Waals surface area contributed by atoms with Gasteiger partial charge in [0, 0.05) is 18.7 Å². The first kappa shape index (κ1) is 23.8. The van der Waals surface area contributed by atoms with Crippen LogP contribution in [0.2, 0.25) is 0 Å². The predicted octanol–water partition coefficient (Wildman–Crippen LogP) is 6.02. The van der Waals surface area contributed by atoms with E-state index in [-0.39, 0.29) is 22.0 Å². The number of hydrogen-bond acceptors (Lipinski definition) is 3. The van der Waals surface area contributed by atoms with Gasteiger partial charge in [0.15, 0.2) is 0 Å². The van der Waals surface area contributed by atoms with Crippen molar-refractivity contribution in [3.05, 3.63) is 28.8 Å². The molecule has 2 N–H and O–H groups in total. The second-order valence-electron chi connectivity index (χ2n) is 9.47. The molecule has 0 bridgehead atoms. The van der Waals surface area contributed by atoms with Crippen LogP contribution in [0.25, 0.3) is 0 Å². The molecule has 0 spiro atoms. The summed E-state index contributed by atoms with van der Waals surface area (Å²) in [7, 11) is 1.35. The van der Waals surface area contributed by atoms with Crippen LogP contribution in [0, 0.1) is 0 Å². The fourth-order valence-corrected chi connectivity index (χ4v) is 3.40. The number of unbranched alkanes of at least 4 members (excludes halogenated alkanes) is 2. The zero-order valence-electron chi connectivity index (χ0n) is 17.9. The molecule has 4 nitrogen and oxygen atoms in total. The summed E-state index contributed by atoms with van der Waals surface area (Å²) in [4.78, 5) is 11.4. The third-order valence-electron chi connectivity index (χ3n) is 4.84. The van der Waals surface area contributed by atoms with E-state index in [1.165, 1.54) is 7.05 Å². The van der Waals surface area contributed by atoms with Gasteiger partial charge < -0.3 is 5.11 Å². The molecular weight excluding hydrogens is 358 g/mol. The average molecular weight is 395 g/mol. The van der Waals surface area contributed by atoms with Crippen LogP contribution in [0.5, 0.6) is 5.75 Å². The van der Waals surface area contributed by atoms with Crippen molar-refractivity contribution in [1.29, 1.82) is 0 Å². The number of hydroxylamine groups is 2. The Kier molecular flexibility index (Phi) is 8.24. The molecule has 1 rings (SSSR count). The van der Waals surface area contributed by atoms with Crippen molar-refractivity contribution in [2.24, 2.45) is 0 Å². The summed E-state index contributed by atoms with van der Waals surface area (Å²) < 4.78 is 0. The number of carbonyl (C=O) groups is 1. The van der Waals surface area contributed by atoms with E-state index in [1.54, 1.807) is 0 Å². The molecule has 0 aliphatic heterocycles. The molecule has 27 heavy (non-hydrogen) atoms. The van der Waals surface area contributed by atoms with Crippen molar-refractivity contribution in [3.8, 4) is 5.75 Å². The minimum atomic E-state index is -0.256. The van der Waals surface area contributed by atoms with Crippen LogP contribution < -0.4 is 0 Å². The third kappa shape index (κ3) is 7.04. The molecule has 0 heterocycles. The number of carbonyl (C=O) groups excluding carboxylic acids is 1. The van der Waals surface area contributed by atoms with Gasteiger partial charge in [0.25, 0.3) is 0 Å². The second kappa shape index (κ2) is 9.33. The Morgan fingerprint density at radius 2 is 1.52 bits per heavy atom. The molecule has 0 saturated carbocycles. The van der Waals surface area contributed by atoms with Gasteiger partial charge in [-0.15, -0.1) is 0 Å². The van der Waals surface area contributed by atoms with Crippen LogP contribution >= 0.6 is 12.6 Å². The van der Waals surface area contributed by atoms with Crippen molar-refractivity contribution in [2.75, 3.05) is 7.05 Å². The Labute approximate surface area is 170 Å². The summed E-state index contributed by atoms with van der Waals surface area (Å²) in [5.41, 5.74) is 2.65. The Morgan fingerprint density at radius 1 is 1.04 bits per heavy atom. The second-order valence-corrected chi connectivity index (χ2v) is 10.0. The van der Waals surface area contributed by atoms with Gasteiger partial charge in [0.2, 0.25) is 5.91 Å². The summed E-state index contributed by atoms with van der Waals surface area (Å²) in [5, 5.41) is 20.5. The van der Waals surface area contributed by atoms with Crippen LogP contribution in [-0.2, 0) is 15.6 Å². The molecule has 0 fully saturated rings. The molecule has 1 radical (unpaired) electrons. The van der Waals surface area contributed by atoms with E-state index >= 15 is 0 Å². The Bertz CT molecular complexity index is 607. The maximum Gasteiger partial charge on any atom is 0.245 e. The smallest absolute Gasteiger partial charge is 0.245 e. The predicted molar refractivity (Wildman–Crippen MR) is 113 cm³/mol. The fourth-order valence-electron chi connectivity index (χ4n) is 3.10. The summed E-state index contributed by atoms with van der Waals surface area (Å²) in [5.74, 6) is 0.126. The van der Waals surface area contributed by atoms with Gasteiger partial charge in [-0.2, -0.15) is 0 Å². The lowest BCUT2D eigenvalue weighted by atomic mass is 9.78. The Morgan fingerprint density at radius 3 is 1.93 bits per heavy atom. The molecule has 5 heteroatoms. The molecule has 1 aromatic rings. The number of phenolic OH excluding ortho intramolecular Hbond substituents is 1. The van der Waals surface area contributed by atoms with E-state index in [0.29, 0.717) is 17.2 Å². The number of amides is 1. The lowest BCUT2D eigenvalue weighted by Gasteiger charge is -2.29. The molecule has 0 aliphatic carbocycles. The van der Waals surface area contributed by atoms with Gasteiger partial charge in [-0.1, -0.05) is 79.1 Å². The zero-order chi connectivity index (χ0) is 21.0. The molecule has 153 valence electrons. The molecule has 0 aliphatic rings. The van der Waals surface area contributed by atoms with Crippen LogP contribution in [0.3, 0.4) is 0 Å². The zero-order valence-corrected chi connectivity index (χ0v) is 18.7. The highest BCUT2D eigenvalue weighted by molar-refractivity contribution is 7.80. The van der Waals surface area contributed by atoms with Gasteiger partial charge >= 0.3 is 0 Å². The van der Waals surface area contributed by atoms with E-state index in [9.17, 15) is 9.90 Å². The SMILES string of the molecule is CN(O)C(=O)CCCCCC([S])c1cc(C(C)(C)C)c(O)c(C(C)(C)C)c1. The molecule has 0 aromatic heterocycles. The summed E-state index contributed by atoms with van der Waals surface area (Å²) >= 11 is 5.76. The van der Waals surface area contributed by atoms with Gasteiger partial charge in [0.1, 0.15) is 5.75 Å². The molecule has 1 amide bonds. The highest BCUT2D eigenvalue weighted by Crippen LogP contribution is 2.42. The fraction of sp³-hybridized carbons (Fsp3) is 0.682. The lowest BCUT2D eigenvalue weighted by molar-refractivity contribution is -0.159. The number of phenols is 1. The minimum Gasteiger partial charge on any atom is -0.507 e. The quantitative estimate of drug-likeness (QED) is 0.337. The highest BCUT2D eigenvalue weighted by atomic mass is 32.1. The molecule has 1 aromatic carbocycles. The first-order valence-corrected chi connectivity index (χ1v) is 10.2. The van der Waals surface area contributed by atoms with E-state index in [0.717, 1.165) is 42.4 Å². The maximum absolute atomic E-state index is 11.4. The summed E-state index contributed by atoms with van der Waals surface area (Å²) in [6.45, 7) is 12.6. The standard InChI is InChI=1S/C22H36NO3S/c1-21(2,3)16-13-15(14-17(20(16)25)22(4,5)6)18(27)11-9-8-10-12-19(24)23(7)26/h13-14,18,25-26H,8-12H2,1-7H3. The van der Waals surface area contributed by atoms with E-state index in [2.05, 4.69) is 53.7 Å². The van der Waals surface area contributed by atoms with Gasteiger partial charge in [-0.05, 0) is 40.4 Å². The van der Waals surface area contributed by atoms with Crippen molar-refractivity contribution >= 4 is 18.5 Å². The minimum absolute atomic E-state index is 0.0241. The number of benzene rings is 1. The monoisotopic (exact) mass is 394 g/mol. The third-order valence-corrected chi connectivity index (χ3v) is 5.35. The normalized spacial score (nSPS) is 13.5. The summed E-state index contributed by atoms with van der Waals surface area (Å²) in [6, 6.07) is 4.12. The maximum atomic E-state index is 11.4. The van der Waals surface area contributed by atoms with E-state index in [4.69, 9.17) is 17.8 Å².